The Labute approximate surface area is 112 Å². The van der Waals surface area contributed by atoms with Crippen molar-refractivity contribution in [3.63, 3.8) is 0 Å². The van der Waals surface area contributed by atoms with Gasteiger partial charge >= 0.3 is 0 Å². The highest BCUT2D eigenvalue weighted by atomic mass is 16.3. The number of piperidine rings is 1. The summed E-state index contributed by atoms with van der Waals surface area (Å²) in [5.74, 6) is 0.552. The number of H-pyrrole nitrogens is 1. The zero-order valence-corrected chi connectivity index (χ0v) is 10.9. The Morgan fingerprint density at radius 3 is 3.05 bits per heavy atom. The summed E-state index contributed by atoms with van der Waals surface area (Å²) in [4.78, 5) is 16.9. The number of aromatic amines is 1. The number of nitrogens with one attached hydrogen (secondary N) is 1. The van der Waals surface area contributed by atoms with Crippen LogP contribution >= 0.6 is 0 Å². The van der Waals surface area contributed by atoms with Crippen molar-refractivity contribution in [1.82, 2.24) is 9.88 Å². The van der Waals surface area contributed by atoms with Crippen LogP contribution in [0.15, 0.2) is 24.4 Å². The van der Waals surface area contributed by atoms with Crippen LogP contribution in [0.2, 0.25) is 0 Å². The van der Waals surface area contributed by atoms with E-state index in [-0.39, 0.29) is 11.7 Å². The average molecular weight is 258 g/mol. The molecule has 2 heterocycles. The first-order valence-corrected chi connectivity index (χ1v) is 6.81. The number of carbonyl (C=O) groups is 1. The van der Waals surface area contributed by atoms with E-state index in [1.54, 1.807) is 12.1 Å². The van der Waals surface area contributed by atoms with Gasteiger partial charge in [-0.05, 0) is 43.0 Å². The van der Waals surface area contributed by atoms with Gasteiger partial charge in [-0.1, -0.05) is 0 Å². The number of aromatic hydroxyl groups is 1. The minimum absolute atomic E-state index is 0.272. The number of hydrogen-bond acceptors (Lipinski definition) is 2. The van der Waals surface area contributed by atoms with Gasteiger partial charge in [-0.25, -0.2) is 0 Å². The number of nitrogens with zero attached hydrogens (tertiary/aromatic N) is 1. The lowest BCUT2D eigenvalue weighted by molar-refractivity contribution is -0.133. The van der Waals surface area contributed by atoms with Gasteiger partial charge in [0, 0.05) is 36.6 Å². The molecule has 2 aromatic rings. The number of fused-ring (bicyclic) bond motifs is 1. The van der Waals surface area contributed by atoms with Gasteiger partial charge in [0.05, 0.1) is 0 Å². The molecule has 1 amide bonds. The number of rotatable bonds is 3. The van der Waals surface area contributed by atoms with Crippen molar-refractivity contribution in [2.45, 2.75) is 25.7 Å². The molecule has 1 aliphatic heterocycles. The van der Waals surface area contributed by atoms with Crippen LogP contribution in [0.25, 0.3) is 10.9 Å². The molecule has 0 aliphatic carbocycles. The van der Waals surface area contributed by atoms with Crippen molar-refractivity contribution < 1.29 is 9.90 Å². The fourth-order valence-electron chi connectivity index (χ4n) is 2.73. The van der Waals surface area contributed by atoms with E-state index < -0.39 is 0 Å². The molecule has 2 N–H and O–H groups in total. The molecule has 0 unspecified atom stereocenters. The summed E-state index contributed by atoms with van der Waals surface area (Å²) in [6.07, 6.45) is 5.62. The summed E-state index contributed by atoms with van der Waals surface area (Å²) in [6, 6.07) is 5.33. The highest BCUT2D eigenvalue weighted by Crippen LogP contribution is 2.23. The Hall–Kier alpha value is -1.97. The molecule has 1 aromatic heterocycles. The fourth-order valence-corrected chi connectivity index (χ4v) is 2.73. The Balaban J connectivity index is 1.74. The maximum absolute atomic E-state index is 11.7. The molecule has 4 nitrogen and oxygen atoms in total. The van der Waals surface area contributed by atoms with Gasteiger partial charge in [0.25, 0.3) is 0 Å². The number of carbonyl (C=O) groups excluding carboxylic acids is 1. The minimum Gasteiger partial charge on any atom is -0.508 e. The number of phenols is 1. The minimum atomic E-state index is 0.272. The van der Waals surface area contributed by atoms with Crippen molar-refractivity contribution in [2.24, 2.45) is 0 Å². The zero-order chi connectivity index (χ0) is 13.2. The average Bonchev–Trinajstić information content (AvgIpc) is 2.80. The standard InChI is InChI=1S/C15H18N2O2/c18-12-4-5-14-13(9-12)11(10-16-14)6-8-17-7-2-1-3-15(17)19/h4-5,9-10,16,18H,1-3,6-8H2. The fraction of sp³-hybridized carbons (Fsp3) is 0.400. The molecule has 0 saturated carbocycles. The summed E-state index contributed by atoms with van der Waals surface area (Å²) in [7, 11) is 0. The van der Waals surface area contributed by atoms with Gasteiger partial charge in [0.15, 0.2) is 0 Å². The van der Waals surface area contributed by atoms with Gasteiger partial charge in [-0.2, -0.15) is 0 Å². The molecule has 1 aliphatic rings. The molecule has 0 atom stereocenters. The molecular weight excluding hydrogens is 240 g/mol. The molecule has 1 saturated heterocycles. The van der Waals surface area contributed by atoms with Crippen LogP contribution < -0.4 is 0 Å². The third kappa shape index (κ3) is 2.43. The van der Waals surface area contributed by atoms with E-state index in [0.717, 1.165) is 48.8 Å². The third-order valence-corrected chi connectivity index (χ3v) is 3.82. The highest BCUT2D eigenvalue weighted by molar-refractivity contribution is 5.84. The molecule has 0 spiro atoms. The first kappa shape index (κ1) is 12.1. The Bertz CT molecular complexity index is 603. The number of aromatic nitrogens is 1. The molecule has 1 fully saturated rings. The van der Waals surface area contributed by atoms with Crippen molar-refractivity contribution in [1.29, 1.82) is 0 Å². The summed E-state index contributed by atoms with van der Waals surface area (Å²) in [6.45, 7) is 1.65. The van der Waals surface area contributed by atoms with Crippen LogP contribution in [0.3, 0.4) is 0 Å². The highest BCUT2D eigenvalue weighted by Gasteiger charge is 2.17. The Kier molecular flexibility index (Phi) is 3.15. The second-order valence-corrected chi connectivity index (χ2v) is 5.13. The normalized spacial score (nSPS) is 16.2. The van der Waals surface area contributed by atoms with E-state index in [2.05, 4.69) is 4.98 Å². The van der Waals surface area contributed by atoms with Gasteiger partial charge < -0.3 is 15.0 Å². The van der Waals surface area contributed by atoms with E-state index in [4.69, 9.17) is 0 Å². The Morgan fingerprint density at radius 1 is 1.32 bits per heavy atom. The first-order chi connectivity index (χ1) is 9.24. The second kappa shape index (κ2) is 4.96. The zero-order valence-electron chi connectivity index (χ0n) is 10.9. The summed E-state index contributed by atoms with van der Waals surface area (Å²) in [5, 5.41) is 10.6. The quantitative estimate of drug-likeness (QED) is 0.888. The van der Waals surface area contributed by atoms with Crippen LogP contribution in [-0.4, -0.2) is 34.0 Å². The number of benzene rings is 1. The summed E-state index contributed by atoms with van der Waals surface area (Å²) < 4.78 is 0. The van der Waals surface area contributed by atoms with Crippen molar-refractivity contribution in [3.05, 3.63) is 30.0 Å². The molecule has 4 heteroatoms. The number of likely N-dealkylation sites (tertiary alicyclic amines) is 1. The lowest BCUT2D eigenvalue weighted by Crippen LogP contribution is -2.36. The summed E-state index contributed by atoms with van der Waals surface area (Å²) >= 11 is 0. The molecule has 3 rings (SSSR count). The molecular formula is C15H18N2O2. The molecule has 0 radical (unpaired) electrons. The van der Waals surface area contributed by atoms with Gasteiger partial charge in [-0.3, -0.25) is 4.79 Å². The smallest absolute Gasteiger partial charge is 0.222 e. The van der Waals surface area contributed by atoms with Crippen LogP contribution in [0.5, 0.6) is 5.75 Å². The lowest BCUT2D eigenvalue weighted by atomic mass is 10.1. The monoisotopic (exact) mass is 258 g/mol. The van der Waals surface area contributed by atoms with Gasteiger partial charge in [0.1, 0.15) is 5.75 Å². The van der Waals surface area contributed by atoms with E-state index >= 15 is 0 Å². The number of phenolic OH excluding ortho intramolecular Hbond substituents is 1. The molecule has 100 valence electrons. The topological polar surface area (TPSA) is 56.3 Å². The largest absolute Gasteiger partial charge is 0.508 e. The van der Waals surface area contributed by atoms with E-state index in [0.29, 0.717) is 6.42 Å². The maximum atomic E-state index is 11.7. The number of hydrogen-bond donors (Lipinski definition) is 2. The maximum Gasteiger partial charge on any atom is 0.222 e. The number of amides is 1. The predicted octanol–water partition coefficient (Wildman–Crippen LogP) is 2.43. The molecule has 1 aromatic carbocycles. The summed E-state index contributed by atoms with van der Waals surface area (Å²) in [5.41, 5.74) is 2.18. The van der Waals surface area contributed by atoms with Gasteiger partial charge in [0.2, 0.25) is 5.91 Å². The van der Waals surface area contributed by atoms with Gasteiger partial charge in [-0.15, -0.1) is 0 Å². The van der Waals surface area contributed by atoms with E-state index in [1.807, 2.05) is 17.2 Å². The van der Waals surface area contributed by atoms with Crippen molar-refractivity contribution >= 4 is 16.8 Å². The van der Waals surface area contributed by atoms with E-state index in [1.165, 1.54) is 0 Å². The van der Waals surface area contributed by atoms with Crippen LogP contribution in [-0.2, 0) is 11.2 Å². The molecule has 0 bridgehead atoms. The lowest BCUT2D eigenvalue weighted by Gasteiger charge is -2.26. The Morgan fingerprint density at radius 2 is 2.21 bits per heavy atom. The van der Waals surface area contributed by atoms with Crippen molar-refractivity contribution in [3.8, 4) is 5.75 Å². The second-order valence-electron chi connectivity index (χ2n) is 5.13. The predicted molar refractivity (Wildman–Crippen MR) is 74.1 cm³/mol. The van der Waals surface area contributed by atoms with Crippen LogP contribution in [0.1, 0.15) is 24.8 Å². The van der Waals surface area contributed by atoms with Crippen LogP contribution in [0.4, 0.5) is 0 Å². The van der Waals surface area contributed by atoms with E-state index in [9.17, 15) is 9.90 Å². The third-order valence-electron chi connectivity index (χ3n) is 3.82. The van der Waals surface area contributed by atoms with Crippen molar-refractivity contribution in [2.75, 3.05) is 13.1 Å². The molecule has 19 heavy (non-hydrogen) atoms. The SMILES string of the molecule is O=C1CCCCN1CCc1c[nH]c2ccc(O)cc12. The van der Waals surface area contributed by atoms with Crippen LogP contribution in [0, 0.1) is 0 Å². The first-order valence-electron chi connectivity index (χ1n) is 6.81.